The lowest BCUT2D eigenvalue weighted by atomic mass is 10.2. The van der Waals surface area contributed by atoms with Crippen LogP contribution in [-0.4, -0.2) is 25.0 Å². The molecule has 2 aromatic rings. The fourth-order valence-corrected chi connectivity index (χ4v) is 2.60. The third-order valence-electron chi connectivity index (χ3n) is 3.40. The van der Waals surface area contributed by atoms with E-state index in [2.05, 4.69) is 26.8 Å². The molecule has 25 heavy (non-hydrogen) atoms. The maximum Gasteiger partial charge on any atom is 0.279 e. The summed E-state index contributed by atoms with van der Waals surface area (Å²) in [5.74, 6) is 0.344. The summed E-state index contributed by atoms with van der Waals surface area (Å²) in [6.45, 7) is 1.83. The maximum absolute atomic E-state index is 12.2. The molecule has 0 fully saturated rings. The van der Waals surface area contributed by atoms with Crippen LogP contribution in [0.4, 0.5) is 0 Å². The van der Waals surface area contributed by atoms with Gasteiger partial charge in [0.2, 0.25) is 0 Å². The van der Waals surface area contributed by atoms with Crippen molar-refractivity contribution in [3.63, 3.8) is 0 Å². The van der Waals surface area contributed by atoms with Crippen LogP contribution in [0.25, 0.3) is 0 Å². The standard InChI is InChI=1S/C18H19BrN2O4/c1-3-15(25-13-7-5-4-6-8-13)18(23)21-20-17(22)12-9-10-16(24-2)14(19)11-12/h4-11,15H,3H2,1-2H3,(H,20,22)(H,21,23). The quantitative estimate of drug-likeness (QED) is 0.722. The number of rotatable bonds is 6. The van der Waals surface area contributed by atoms with Crippen LogP contribution in [0.2, 0.25) is 0 Å². The second kappa shape index (κ2) is 9.08. The fourth-order valence-electron chi connectivity index (χ4n) is 2.06. The zero-order chi connectivity index (χ0) is 18.2. The molecular formula is C18H19BrN2O4. The molecule has 0 radical (unpaired) electrons. The SMILES string of the molecule is CCC(Oc1ccccc1)C(=O)NNC(=O)c1ccc(OC)c(Br)c1. The highest BCUT2D eigenvalue weighted by atomic mass is 79.9. The highest BCUT2D eigenvalue weighted by Gasteiger charge is 2.19. The maximum atomic E-state index is 12.2. The summed E-state index contributed by atoms with van der Waals surface area (Å²) in [6, 6.07) is 13.9. The Morgan fingerprint density at radius 2 is 1.84 bits per heavy atom. The van der Waals surface area contributed by atoms with E-state index in [9.17, 15) is 9.59 Å². The summed E-state index contributed by atoms with van der Waals surface area (Å²) in [7, 11) is 1.54. The second-order valence-electron chi connectivity index (χ2n) is 5.12. The lowest BCUT2D eigenvalue weighted by molar-refractivity contribution is -0.128. The minimum absolute atomic E-state index is 0.380. The number of halogens is 1. The van der Waals surface area contributed by atoms with Crippen LogP contribution < -0.4 is 20.3 Å². The first-order valence-corrected chi connectivity index (χ1v) is 8.50. The Bertz CT molecular complexity index is 737. The number of hydrogen-bond donors (Lipinski definition) is 2. The molecule has 0 aliphatic carbocycles. The van der Waals surface area contributed by atoms with Gasteiger partial charge in [-0.2, -0.15) is 0 Å². The van der Waals surface area contributed by atoms with Crippen molar-refractivity contribution in [2.24, 2.45) is 0 Å². The number of carbonyl (C=O) groups excluding carboxylic acids is 2. The smallest absolute Gasteiger partial charge is 0.279 e. The van der Waals surface area contributed by atoms with Crippen molar-refractivity contribution < 1.29 is 19.1 Å². The van der Waals surface area contributed by atoms with Crippen molar-refractivity contribution in [2.45, 2.75) is 19.4 Å². The molecule has 2 amide bonds. The molecule has 0 aliphatic rings. The number of amides is 2. The Balaban J connectivity index is 1.93. The van der Waals surface area contributed by atoms with Gasteiger partial charge in [-0.15, -0.1) is 0 Å². The molecule has 0 heterocycles. The summed E-state index contributed by atoms with van der Waals surface area (Å²) >= 11 is 3.31. The predicted molar refractivity (Wildman–Crippen MR) is 97.5 cm³/mol. The van der Waals surface area contributed by atoms with E-state index < -0.39 is 17.9 Å². The Hall–Kier alpha value is -2.54. The highest BCUT2D eigenvalue weighted by Crippen LogP contribution is 2.25. The molecule has 0 spiro atoms. The third kappa shape index (κ3) is 5.22. The third-order valence-corrected chi connectivity index (χ3v) is 4.02. The zero-order valence-electron chi connectivity index (χ0n) is 13.9. The van der Waals surface area contributed by atoms with E-state index in [0.717, 1.165) is 0 Å². The molecule has 132 valence electrons. The van der Waals surface area contributed by atoms with Crippen LogP contribution in [0.3, 0.4) is 0 Å². The molecule has 2 rings (SSSR count). The number of para-hydroxylation sites is 1. The molecule has 2 aromatic carbocycles. The molecule has 0 saturated heterocycles. The Kier molecular flexibility index (Phi) is 6.82. The first-order chi connectivity index (χ1) is 12.0. The summed E-state index contributed by atoms with van der Waals surface area (Å²) in [5.41, 5.74) is 5.15. The molecule has 7 heteroatoms. The average Bonchev–Trinajstić information content (AvgIpc) is 2.64. The van der Waals surface area contributed by atoms with Crippen molar-refractivity contribution in [2.75, 3.05) is 7.11 Å². The second-order valence-corrected chi connectivity index (χ2v) is 5.97. The van der Waals surface area contributed by atoms with Gasteiger partial charge in [-0.3, -0.25) is 20.4 Å². The molecular weight excluding hydrogens is 388 g/mol. The van der Waals surface area contributed by atoms with Gasteiger partial charge in [0, 0.05) is 5.56 Å². The Morgan fingerprint density at radius 3 is 2.44 bits per heavy atom. The predicted octanol–water partition coefficient (Wildman–Crippen LogP) is 3.08. The van der Waals surface area contributed by atoms with E-state index in [0.29, 0.717) is 28.0 Å². The minimum Gasteiger partial charge on any atom is -0.496 e. The number of benzene rings is 2. The van der Waals surface area contributed by atoms with E-state index in [-0.39, 0.29) is 0 Å². The van der Waals surface area contributed by atoms with Gasteiger partial charge in [0.05, 0.1) is 11.6 Å². The van der Waals surface area contributed by atoms with E-state index >= 15 is 0 Å². The number of hydrazine groups is 1. The summed E-state index contributed by atoms with van der Waals surface area (Å²) in [4.78, 5) is 24.3. The van der Waals surface area contributed by atoms with Crippen LogP contribution in [0.1, 0.15) is 23.7 Å². The van der Waals surface area contributed by atoms with Gasteiger partial charge in [-0.05, 0) is 52.7 Å². The lowest BCUT2D eigenvalue weighted by Crippen LogP contribution is -2.47. The molecule has 1 unspecified atom stereocenters. The van der Waals surface area contributed by atoms with Crippen molar-refractivity contribution in [3.8, 4) is 11.5 Å². The summed E-state index contributed by atoms with van der Waals surface area (Å²) in [5, 5.41) is 0. The number of hydrogen-bond acceptors (Lipinski definition) is 4. The van der Waals surface area contributed by atoms with Gasteiger partial charge in [-0.25, -0.2) is 0 Å². The fraction of sp³-hybridized carbons (Fsp3) is 0.222. The molecule has 1 atom stereocenters. The van der Waals surface area contributed by atoms with Crippen molar-refractivity contribution in [1.29, 1.82) is 0 Å². The van der Waals surface area contributed by atoms with Crippen LogP contribution in [-0.2, 0) is 4.79 Å². The Labute approximate surface area is 154 Å². The van der Waals surface area contributed by atoms with E-state index in [1.165, 1.54) is 7.11 Å². The first kappa shape index (κ1) is 18.8. The van der Waals surface area contributed by atoms with Gasteiger partial charge in [-0.1, -0.05) is 25.1 Å². The largest absolute Gasteiger partial charge is 0.496 e. The first-order valence-electron chi connectivity index (χ1n) is 7.70. The topological polar surface area (TPSA) is 76.7 Å². The lowest BCUT2D eigenvalue weighted by Gasteiger charge is -2.17. The van der Waals surface area contributed by atoms with Crippen LogP contribution in [0, 0.1) is 0 Å². The summed E-state index contributed by atoms with van der Waals surface area (Å²) < 4.78 is 11.4. The van der Waals surface area contributed by atoms with Crippen LogP contribution >= 0.6 is 15.9 Å². The van der Waals surface area contributed by atoms with Gasteiger partial charge in [0.15, 0.2) is 6.10 Å². The Morgan fingerprint density at radius 1 is 1.12 bits per heavy atom. The normalized spacial score (nSPS) is 11.3. The van der Waals surface area contributed by atoms with Crippen molar-refractivity contribution in [1.82, 2.24) is 10.9 Å². The van der Waals surface area contributed by atoms with Crippen molar-refractivity contribution >= 4 is 27.7 Å². The molecule has 0 aliphatic heterocycles. The van der Waals surface area contributed by atoms with E-state index in [1.807, 2.05) is 25.1 Å². The molecule has 0 bridgehead atoms. The zero-order valence-corrected chi connectivity index (χ0v) is 15.5. The minimum atomic E-state index is -0.703. The van der Waals surface area contributed by atoms with E-state index in [4.69, 9.17) is 9.47 Å². The monoisotopic (exact) mass is 406 g/mol. The van der Waals surface area contributed by atoms with Crippen LogP contribution in [0.15, 0.2) is 53.0 Å². The van der Waals surface area contributed by atoms with Gasteiger partial charge in [0.1, 0.15) is 11.5 Å². The summed E-state index contributed by atoms with van der Waals surface area (Å²) in [6.07, 6.45) is -0.240. The molecule has 6 nitrogen and oxygen atoms in total. The van der Waals surface area contributed by atoms with Gasteiger partial charge >= 0.3 is 0 Å². The average molecular weight is 407 g/mol. The number of methoxy groups -OCH3 is 1. The van der Waals surface area contributed by atoms with Gasteiger partial charge in [0.25, 0.3) is 11.8 Å². The van der Waals surface area contributed by atoms with E-state index in [1.54, 1.807) is 30.3 Å². The highest BCUT2D eigenvalue weighted by molar-refractivity contribution is 9.10. The van der Waals surface area contributed by atoms with Crippen LogP contribution in [0.5, 0.6) is 11.5 Å². The van der Waals surface area contributed by atoms with Crippen molar-refractivity contribution in [3.05, 3.63) is 58.6 Å². The molecule has 2 N–H and O–H groups in total. The number of nitrogens with one attached hydrogen (secondary N) is 2. The molecule has 0 aromatic heterocycles. The molecule has 0 saturated carbocycles. The number of carbonyl (C=O) groups is 2. The number of ether oxygens (including phenoxy) is 2. The van der Waals surface area contributed by atoms with Gasteiger partial charge < -0.3 is 9.47 Å².